The molecule has 4 heterocycles. The van der Waals surface area contributed by atoms with E-state index in [0.29, 0.717) is 35.7 Å². The number of benzene rings is 1. The van der Waals surface area contributed by atoms with Crippen molar-refractivity contribution in [2.75, 3.05) is 18.0 Å². The minimum atomic E-state index is -0.656. The van der Waals surface area contributed by atoms with Crippen LogP contribution in [-0.4, -0.2) is 55.5 Å². The van der Waals surface area contributed by atoms with Crippen molar-refractivity contribution in [3.63, 3.8) is 0 Å². The number of pyridine rings is 2. The van der Waals surface area contributed by atoms with Gasteiger partial charge in [-0.1, -0.05) is 51.6 Å². The van der Waals surface area contributed by atoms with Gasteiger partial charge in [0.05, 0.1) is 34.1 Å². The van der Waals surface area contributed by atoms with Gasteiger partial charge < -0.3 is 9.80 Å². The number of piperazine rings is 1. The fourth-order valence-corrected chi connectivity index (χ4v) is 5.92. The van der Waals surface area contributed by atoms with E-state index in [2.05, 4.69) is 21.4 Å². The maximum Gasteiger partial charge on any atom is 0.355 e. The number of anilines is 1. The number of aryl methyl sites for hydroxylation is 1. The van der Waals surface area contributed by atoms with Crippen LogP contribution < -0.4 is 10.6 Å². The summed E-state index contributed by atoms with van der Waals surface area (Å²) in [6, 6.07) is 7.20. The average molecular weight is 616 g/mol. The zero-order chi connectivity index (χ0) is 31.2. The van der Waals surface area contributed by atoms with Crippen LogP contribution in [0.2, 0.25) is 5.02 Å². The summed E-state index contributed by atoms with van der Waals surface area (Å²) in [7, 11) is 0. The largest absolute Gasteiger partial charge is 0.355 e. The number of carbonyl (C=O) groups excluding carboxylic acids is 1. The van der Waals surface area contributed by atoms with Gasteiger partial charge in [0.15, 0.2) is 11.3 Å². The molecule has 11 heteroatoms. The highest BCUT2D eigenvalue weighted by Gasteiger charge is 2.34. The third-order valence-corrected chi connectivity index (χ3v) is 8.08. The summed E-state index contributed by atoms with van der Waals surface area (Å²) in [6.45, 7) is 21.7. The van der Waals surface area contributed by atoms with Gasteiger partial charge in [0.25, 0.3) is 0 Å². The fraction of sp³-hybridized carbons (Fsp3) is 0.333. The monoisotopic (exact) mass is 615 g/mol. The molecule has 1 aliphatic rings. The number of nitrogens with zero attached hydrogens (tertiary/aromatic N) is 7. The summed E-state index contributed by atoms with van der Waals surface area (Å²) in [5.41, 5.74) is 1.63. The van der Waals surface area contributed by atoms with Gasteiger partial charge in [-0.15, -0.1) is 0 Å². The molecule has 0 spiro atoms. The van der Waals surface area contributed by atoms with Crippen molar-refractivity contribution < 1.29 is 9.18 Å². The Hall–Kier alpha value is -4.62. The van der Waals surface area contributed by atoms with E-state index in [1.54, 1.807) is 23.2 Å². The summed E-state index contributed by atoms with van der Waals surface area (Å²) >= 11 is 6.81. The SMILES string of the molecule is C.[C-]#[N+]c1cccc(F)c1-c1nc2c(cc1Cl)c(N1C[C@@H](C)N(C(=O)C=C)C[C@@H]1C)nc(=O)n2-c1c(C)ccnc1C(C)C. The normalized spacial score (nSPS) is 16.5. The molecule has 4 aromatic rings. The predicted octanol–water partition coefficient (Wildman–Crippen LogP) is 6.87. The van der Waals surface area contributed by atoms with Gasteiger partial charge in [-0.3, -0.25) is 9.78 Å². The van der Waals surface area contributed by atoms with E-state index < -0.39 is 11.5 Å². The van der Waals surface area contributed by atoms with Crippen molar-refractivity contribution in [3.05, 3.63) is 93.2 Å². The van der Waals surface area contributed by atoms with Crippen LogP contribution >= 0.6 is 11.6 Å². The van der Waals surface area contributed by atoms with Crippen molar-refractivity contribution in [1.82, 2.24) is 24.4 Å². The first-order valence-electron chi connectivity index (χ1n) is 13.9. The highest BCUT2D eigenvalue weighted by Crippen LogP contribution is 2.40. The number of aromatic nitrogens is 4. The summed E-state index contributed by atoms with van der Waals surface area (Å²) < 4.78 is 16.7. The first-order chi connectivity index (χ1) is 20.5. The molecule has 2 atom stereocenters. The molecule has 0 unspecified atom stereocenters. The highest BCUT2D eigenvalue weighted by molar-refractivity contribution is 6.34. The molecule has 0 saturated carbocycles. The molecule has 0 bridgehead atoms. The topological polar surface area (TPSA) is 88.6 Å². The fourth-order valence-electron chi connectivity index (χ4n) is 5.67. The third-order valence-electron chi connectivity index (χ3n) is 7.79. The number of fused-ring (bicyclic) bond motifs is 1. The molecule has 9 nitrogen and oxygen atoms in total. The van der Waals surface area contributed by atoms with Gasteiger partial charge in [0.2, 0.25) is 5.91 Å². The lowest BCUT2D eigenvalue weighted by molar-refractivity contribution is -0.128. The van der Waals surface area contributed by atoms with Crippen LogP contribution in [0.15, 0.2) is 54.0 Å². The number of carbonyl (C=O) groups is 1. The number of hydrogen-bond acceptors (Lipinski definition) is 6. The minimum absolute atomic E-state index is 0. The van der Waals surface area contributed by atoms with Crippen molar-refractivity contribution in [3.8, 4) is 16.9 Å². The molecular formula is C33H35ClFN7O2. The van der Waals surface area contributed by atoms with E-state index in [-0.39, 0.29) is 58.9 Å². The first-order valence-corrected chi connectivity index (χ1v) is 14.3. The van der Waals surface area contributed by atoms with Gasteiger partial charge in [0.1, 0.15) is 11.6 Å². The minimum Gasteiger partial charge on any atom is -0.349 e. The number of hydrogen-bond donors (Lipinski definition) is 0. The molecule has 1 aromatic carbocycles. The number of rotatable bonds is 5. The predicted molar refractivity (Wildman–Crippen MR) is 173 cm³/mol. The first kappa shape index (κ1) is 32.3. The second-order valence-corrected chi connectivity index (χ2v) is 11.5. The van der Waals surface area contributed by atoms with Gasteiger partial charge >= 0.3 is 5.69 Å². The zero-order valence-corrected chi connectivity index (χ0v) is 25.4. The molecule has 44 heavy (non-hydrogen) atoms. The molecule has 228 valence electrons. The van der Waals surface area contributed by atoms with E-state index in [4.69, 9.17) is 23.2 Å². The lowest BCUT2D eigenvalue weighted by Crippen LogP contribution is -2.58. The molecular weight excluding hydrogens is 581 g/mol. The Bertz CT molecular complexity index is 1880. The van der Waals surface area contributed by atoms with E-state index in [1.807, 2.05) is 39.5 Å². The third kappa shape index (κ3) is 5.44. The average Bonchev–Trinajstić information content (AvgIpc) is 2.97. The Morgan fingerprint density at radius 3 is 2.59 bits per heavy atom. The van der Waals surface area contributed by atoms with E-state index in [1.165, 1.54) is 28.8 Å². The lowest BCUT2D eigenvalue weighted by Gasteiger charge is -2.44. The standard InChI is InChI=1S/C32H31ClFN7O2.CH4/c1-8-25(42)39-15-20(6)40(16-19(39)5)30-21-14-22(33)28(26-23(34)10-9-11-24(26)35-7)37-31(21)41(32(43)38-30)29-18(4)12-13-36-27(29)17(2)3;/h8-14,17,19-20H,1,15-16H2,2-6H3;1H4/t19-,20+;/m1./s1. The van der Waals surface area contributed by atoms with Crippen molar-refractivity contribution in [2.45, 2.75) is 60.0 Å². The highest BCUT2D eigenvalue weighted by atomic mass is 35.5. The molecule has 5 rings (SSSR count). The summed E-state index contributed by atoms with van der Waals surface area (Å²) in [4.78, 5) is 47.7. The van der Waals surface area contributed by atoms with E-state index >= 15 is 4.39 Å². The van der Waals surface area contributed by atoms with E-state index in [0.717, 1.165) is 5.56 Å². The Morgan fingerprint density at radius 2 is 1.93 bits per heavy atom. The van der Waals surface area contributed by atoms with E-state index in [9.17, 15) is 9.59 Å². The summed E-state index contributed by atoms with van der Waals surface area (Å²) in [6.07, 6.45) is 2.98. The van der Waals surface area contributed by atoms with Gasteiger partial charge in [-0.05, 0) is 56.5 Å². The number of halogens is 2. The van der Waals surface area contributed by atoms with Crippen LogP contribution in [-0.2, 0) is 4.79 Å². The quantitative estimate of drug-likeness (QED) is 0.180. The van der Waals surface area contributed by atoms with Crippen LogP contribution in [0.5, 0.6) is 0 Å². The number of amides is 1. The smallest absolute Gasteiger partial charge is 0.349 e. The van der Waals surface area contributed by atoms with Crippen molar-refractivity contribution in [2.24, 2.45) is 0 Å². The second kappa shape index (κ2) is 12.5. The van der Waals surface area contributed by atoms with Gasteiger partial charge in [-0.2, -0.15) is 4.98 Å². The van der Waals surface area contributed by atoms with Crippen molar-refractivity contribution >= 4 is 40.0 Å². The van der Waals surface area contributed by atoms with Crippen LogP contribution in [0.25, 0.3) is 32.8 Å². The molecule has 0 N–H and O–H groups in total. The second-order valence-electron chi connectivity index (χ2n) is 11.1. The maximum absolute atomic E-state index is 15.3. The molecule has 1 aliphatic heterocycles. The lowest BCUT2D eigenvalue weighted by atomic mass is 10.0. The Labute approximate surface area is 261 Å². The van der Waals surface area contributed by atoms with Crippen LogP contribution in [0.4, 0.5) is 15.9 Å². The molecule has 1 fully saturated rings. The Balaban J connectivity index is 0.00000442. The molecule has 1 saturated heterocycles. The maximum atomic E-state index is 15.3. The summed E-state index contributed by atoms with van der Waals surface area (Å²) in [5, 5.41) is 0.568. The van der Waals surface area contributed by atoms with Crippen molar-refractivity contribution in [1.29, 1.82) is 0 Å². The summed E-state index contributed by atoms with van der Waals surface area (Å²) in [5.74, 6) is -0.513. The molecule has 0 aliphatic carbocycles. The Morgan fingerprint density at radius 1 is 1.20 bits per heavy atom. The molecule has 0 radical (unpaired) electrons. The zero-order valence-electron chi connectivity index (χ0n) is 24.6. The molecule has 3 aromatic heterocycles. The Kier molecular flexibility index (Phi) is 9.21. The van der Waals surface area contributed by atoms with Gasteiger partial charge in [-0.25, -0.2) is 23.6 Å². The van der Waals surface area contributed by atoms with Crippen LogP contribution in [0.1, 0.15) is 52.3 Å². The molecule has 1 amide bonds. The van der Waals surface area contributed by atoms with Gasteiger partial charge in [0, 0.05) is 36.9 Å². The van der Waals surface area contributed by atoms with Crippen LogP contribution in [0, 0.1) is 19.3 Å². The van der Waals surface area contributed by atoms with Crippen LogP contribution in [0.3, 0.4) is 0 Å².